The van der Waals surface area contributed by atoms with E-state index in [0.29, 0.717) is 46.4 Å². The minimum atomic E-state index is -0.464. The van der Waals surface area contributed by atoms with Crippen molar-refractivity contribution >= 4 is 41.1 Å². The average Bonchev–Trinajstić information content (AvgIpc) is 3.65. The van der Waals surface area contributed by atoms with Crippen LogP contribution in [-0.4, -0.2) is 66.4 Å². The number of methoxy groups -OCH3 is 1. The maximum absolute atomic E-state index is 13.0. The number of hydrogen-bond donors (Lipinski definition) is 2. The number of halogens is 1. The third-order valence-electron chi connectivity index (χ3n) is 5.93. The first kappa shape index (κ1) is 26.5. The van der Waals surface area contributed by atoms with Crippen molar-refractivity contribution in [2.75, 3.05) is 19.0 Å². The van der Waals surface area contributed by atoms with Gasteiger partial charge >= 0.3 is 5.97 Å². The minimum absolute atomic E-state index is 0.295. The van der Waals surface area contributed by atoms with Gasteiger partial charge in [0.15, 0.2) is 5.65 Å². The number of nitrogens with zero attached hydrogens (tertiary/aromatic N) is 7. The minimum Gasteiger partial charge on any atom is -0.465 e. The fraction of sp³-hybridized carbons (Fsp3) is 0.148. The third-order valence-corrected chi connectivity index (χ3v) is 6.16. The van der Waals surface area contributed by atoms with Crippen molar-refractivity contribution in [2.24, 2.45) is 0 Å². The number of tetrazole rings is 1. The van der Waals surface area contributed by atoms with Crippen molar-refractivity contribution in [3.8, 4) is 5.69 Å². The summed E-state index contributed by atoms with van der Waals surface area (Å²) < 4.78 is 7.75. The molecule has 0 unspecified atom stereocenters. The van der Waals surface area contributed by atoms with Gasteiger partial charge in [0, 0.05) is 29.4 Å². The number of ether oxygens (including phenoxy) is 1. The van der Waals surface area contributed by atoms with Crippen molar-refractivity contribution < 1.29 is 14.3 Å². The molecule has 2 N–H and O–H groups in total. The van der Waals surface area contributed by atoms with E-state index in [4.69, 9.17) is 16.3 Å². The second kappa shape index (κ2) is 12.2. The second-order valence-corrected chi connectivity index (χ2v) is 9.15. The number of rotatable bonds is 10. The van der Waals surface area contributed by atoms with Gasteiger partial charge in [-0.05, 0) is 58.8 Å². The summed E-state index contributed by atoms with van der Waals surface area (Å²) in [5, 5.41) is 22.4. The Kier molecular flexibility index (Phi) is 8.07. The highest BCUT2D eigenvalue weighted by molar-refractivity contribution is 6.30. The average molecular weight is 558 g/mol. The monoisotopic (exact) mass is 557 g/mol. The van der Waals surface area contributed by atoms with Gasteiger partial charge in [-0.1, -0.05) is 41.9 Å². The standard InChI is InChI=1S/C27H24ClN9O3/c1-40-26(39)20-7-11-24-32-27(33-36(24)16-20)29-15-22(13-18-5-3-2-4-6-18)31-25(38)12-8-19-14-21(28)9-10-23(19)37-17-30-34-35-37/h2-12,14,16-17,22H,13,15H2,1H3,(H,29,33)(H,31,38)/b12-8+/t22-/m0/s1. The Balaban J connectivity index is 1.31. The number of nitrogens with one attached hydrogen (secondary N) is 2. The Morgan fingerprint density at radius 3 is 2.75 bits per heavy atom. The van der Waals surface area contributed by atoms with Crippen LogP contribution in [-0.2, 0) is 16.0 Å². The SMILES string of the molecule is COC(=O)c1ccc2nc(NC[C@H](Cc3ccccc3)NC(=O)/C=C/c3cc(Cl)ccc3-n3cnnn3)nn2c1. The van der Waals surface area contributed by atoms with Crippen LogP contribution in [0.1, 0.15) is 21.5 Å². The van der Waals surface area contributed by atoms with Gasteiger partial charge in [-0.3, -0.25) is 4.79 Å². The summed E-state index contributed by atoms with van der Waals surface area (Å²) >= 11 is 6.19. The van der Waals surface area contributed by atoms with Gasteiger partial charge in [0.25, 0.3) is 0 Å². The smallest absolute Gasteiger partial charge is 0.339 e. The molecule has 12 nitrogen and oxygen atoms in total. The van der Waals surface area contributed by atoms with Crippen LogP contribution < -0.4 is 10.6 Å². The highest BCUT2D eigenvalue weighted by Crippen LogP contribution is 2.20. The molecule has 0 spiro atoms. The predicted molar refractivity (Wildman–Crippen MR) is 148 cm³/mol. The van der Waals surface area contributed by atoms with E-state index in [1.54, 1.807) is 42.6 Å². The maximum atomic E-state index is 13.0. The number of benzene rings is 2. The summed E-state index contributed by atoms with van der Waals surface area (Å²) in [5.74, 6) is -0.403. The highest BCUT2D eigenvalue weighted by atomic mass is 35.5. The van der Waals surface area contributed by atoms with Crippen LogP contribution in [0.2, 0.25) is 5.02 Å². The molecule has 5 rings (SSSR count). The number of amides is 1. The summed E-state index contributed by atoms with van der Waals surface area (Å²) in [4.78, 5) is 29.3. The summed E-state index contributed by atoms with van der Waals surface area (Å²) in [6.45, 7) is 0.349. The van der Waals surface area contributed by atoms with Crippen molar-refractivity contribution in [1.82, 2.24) is 40.1 Å². The van der Waals surface area contributed by atoms with Crippen molar-refractivity contribution in [2.45, 2.75) is 12.5 Å². The molecule has 202 valence electrons. The number of anilines is 1. The van der Waals surface area contributed by atoms with Crippen LogP contribution in [0.5, 0.6) is 0 Å². The van der Waals surface area contributed by atoms with Crippen LogP contribution in [0.4, 0.5) is 5.95 Å². The highest BCUT2D eigenvalue weighted by Gasteiger charge is 2.15. The lowest BCUT2D eigenvalue weighted by molar-refractivity contribution is -0.117. The van der Waals surface area contributed by atoms with Crippen molar-refractivity contribution in [3.05, 3.63) is 101 Å². The zero-order valence-corrected chi connectivity index (χ0v) is 22.1. The Hall–Kier alpha value is -5.10. The number of carbonyl (C=O) groups is 2. The molecule has 0 saturated carbocycles. The molecule has 1 amide bonds. The molecule has 3 heterocycles. The molecular formula is C27H24ClN9O3. The van der Waals surface area contributed by atoms with Gasteiger partial charge in [-0.15, -0.1) is 10.2 Å². The summed E-state index contributed by atoms with van der Waals surface area (Å²) in [6.07, 6.45) is 6.68. The first-order valence-corrected chi connectivity index (χ1v) is 12.6. The largest absolute Gasteiger partial charge is 0.465 e. The molecule has 0 fully saturated rings. The number of pyridine rings is 1. The molecule has 13 heteroatoms. The predicted octanol–water partition coefficient (Wildman–Crippen LogP) is 3.00. The molecule has 0 aliphatic carbocycles. The second-order valence-electron chi connectivity index (χ2n) is 8.71. The number of carbonyl (C=O) groups excluding carboxylic acids is 2. The van der Waals surface area contributed by atoms with E-state index in [0.717, 1.165) is 5.56 Å². The van der Waals surface area contributed by atoms with Crippen LogP contribution in [0, 0.1) is 0 Å². The van der Waals surface area contributed by atoms with Gasteiger partial charge in [0.1, 0.15) is 6.33 Å². The molecule has 5 aromatic rings. The van der Waals surface area contributed by atoms with Gasteiger partial charge < -0.3 is 15.4 Å². The lowest BCUT2D eigenvalue weighted by Gasteiger charge is -2.18. The molecule has 0 bridgehead atoms. The molecule has 1 atom stereocenters. The number of fused-ring (bicyclic) bond motifs is 1. The van der Waals surface area contributed by atoms with Gasteiger partial charge in [-0.25, -0.2) is 9.31 Å². The van der Waals surface area contributed by atoms with Crippen LogP contribution in [0.3, 0.4) is 0 Å². The zero-order chi connectivity index (χ0) is 27.9. The number of hydrogen-bond acceptors (Lipinski definition) is 9. The molecule has 0 aliphatic rings. The van der Waals surface area contributed by atoms with E-state index in [1.807, 2.05) is 30.3 Å². The summed E-state index contributed by atoms with van der Waals surface area (Å²) in [6, 6.07) is 18.1. The van der Waals surface area contributed by atoms with E-state index in [2.05, 4.69) is 36.2 Å². The molecule has 3 aromatic heterocycles. The fourth-order valence-corrected chi connectivity index (χ4v) is 4.22. The van der Waals surface area contributed by atoms with Crippen LogP contribution in [0.15, 0.2) is 79.3 Å². The van der Waals surface area contributed by atoms with Gasteiger partial charge in [0.2, 0.25) is 11.9 Å². The van der Waals surface area contributed by atoms with Crippen molar-refractivity contribution in [3.63, 3.8) is 0 Å². The van der Waals surface area contributed by atoms with Crippen molar-refractivity contribution in [1.29, 1.82) is 0 Å². The number of aromatic nitrogens is 7. The topological polar surface area (TPSA) is 141 Å². The van der Waals surface area contributed by atoms with Gasteiger partial charge in [0.05, 0.1) is 24.4 Å². The summed E-state index contributed by atoms with van der Waals surface area (Å²) in [7, 11) is 1.32. The van der Waals surface area contributed by atoms with Crippen LogP contribution >= 0.6 is 11.6 Å². The quantitative estimate of drug-likeness (QED) is 0.196. The first-order valence-electron chi connectivity index (χ1n) is 12.2. The van der Waals surface area contributed by atoms with E-state index >= 15 is 0 Å². The fourth-order valence-electron chi connectivity index (χ4n) is 4.04. The Morgan fingerprint density at radius 2 is 1.98 bits per heavy atom. The molecule has 0 radical (unpaired) electrons. The molecule has 0 aliphatic heterocycles. The Bertz CT molecular complexity index is 1650. The Labute approximate surface area is 233 Å². The van der Waals surface area contributed by atoms with Crippen LogP contribution in [0.25, 0.3) is 17.4 Å². The lowest BCUT2D eigenvalue weighted by atomic mass is 10.1. The molecule has 40 heavy (non-hydrogen) atoms. The lowest BCUT2D eigenvalue weighted by Crippen LogP contribution is -2.40. The molecular weight excluding hydrogens is 534 g/mol. The molecule has 2 aromatic carbocycles. The van der Waals surface area contributed by atoms with E-state index in [-0.39, 0.29) is 11.9 Å². The Morgan fingerprint density at radius 1 is 1.12 bits per heavy atom. The van der Waals surface area contributed by atoms with E-state index < -0.39 is 5.97 Å². The molecule has 0 saturated heterocycles. The van der Waals surface area contributed by atoms with E-state index in [1.165, 1.54) is 28.7 Å². The van der Waals surface area contributed by atoms with Gasteiger partial charge in [-0.2, -0.15) is 9.67 Å². The van der Waals surface area contributed by atoms with E-state index in [9.17, 15) is 9.59 Å². The zero-order valence-electron chi connectivity index (χ0n) is 21.3. The normalized spacial score (nSPS) is 11.9. The maximum Gasteiger partial charge on any atom is 0.339 e. The summed E-state index contributed by atoms with van der Waals surface area (Å²) in [5.41, 5.74) is 3.32. The number of esters is 1. The third kappa shape index (κ3) is 6.48. The first-order chi connectivity index (χ1) is 19.5.